The number of thiophene rings is 1. The van der Waals surface area contributed by atoms with Crippen LogP contribution in [0.4, 0.5) is 0 Å². The minimum Gasteiger partial charge on any atom is -0.450 e. The maximum atomic E-state index is 12.4. The Bertz CT molecular complexity index is 524. The first-order valence-corrected chi connectivity index (χ1v) is 7.25. The molecule has 19 heavy (non-hydrogen) atoms. The van der Waals surface area contributed by atoms with Gasteiger partial charge in [0.05, 0.1) is 4.34 Å². The molecule has 0 aromatic carbocycles. The minimum atomic E-state index is -1.12. The van der Waals surface area contributed by atoms with Gasteiger partial charge in [0.15, 0.2) is 5.60 Å². The molecule has 1 aliphatic rings. The summed E-state index contributed by atoms with van der Waals surface area (Å²) < 4.78 is 5.84. The van der Waals surface area contributed by atoms with Gasteiger partial charge in [0, 0.05) is 24.9 Å². The minimum absolute atomic E-state index is 0.171. The summed E-state index contributed by atoms with van der Waals surface area (Å²) in [6.07, 6.45) is 0.800. The Labute approximate surface area is 121 Å². The van der Waals surface area contributed by atoms with Crippen LogP contribution in [0.5, 0.6) is 0 Å². The summed E-state index contributed by atoms with van der Waals surface area (Å²) in [5.41, 5.74) is -0.0309. The molecule has 1 aliphatic heterocycles. The van der Waals surface area contributed by atoms with Crippen molar-refractivity contribution in [1.82, 2.24) is 4.90 Å². The van der Waals surface area contributed by atoms with E-state index in [-0.39, 0.29) is 5.91 Å². The maximum Gasteiger partial charge on any atom is 0.303 e. The summed E-state index contributed by atoms with van der Waals surface area (Å²) in [7, 11) is 0. The lowest BCUT2D eigenvalue weighted by molar-refractivity contribution is -0.169. The number of ether oxygens (including phenoxy) is 1. The average Bonchev–Trinajstić information content (AvgIpc) is 2.65. The Kier molecular flexibility index (Phi) is 3.87. The van der Waals surface area contributed by atoms with Gasteiger partial charge in [-0.25, -0.2) is 0 Å². The van der Waals surface area contributed by atoms with E-state index in [9.17, 15) is 9.59 Å². The molecule has 0 saturated carbocycles. The summed E-state index contributed by atoms with van der Waals surface area (Å²) in [5.74, 6) is -0.620. The Morgan fingerprint density at radius 2 is 2.16 bits per heavy atom. The zero-order valence-corrected chi connectivity index (χ0v) is 12.7. The molecule has 104 valence electrons. The van der Waals surface area contributed by atoms with Crippen LogP contribution in [0.15, 0.2) is 6.07 Å². The number of carbonyl (C=O) groups is 2. The predicted molar refractivity (Wildman–Crippen MR) is 74.3 cm³/mol. The molecule has 0 radical (unpaired) electrons. The van der Waals surface area contributed by atoms with E-state index in [0.29, 0.717) is 13.1 Å². The molecule has 6 heteroatoms. The summed E-state index contributed by atoms with van der Waals surface area (Å²) in [5, 5.41) is 0. The number of amides is 1. The fourth-order valence-electron chi connectivity index (χ4n) is 2.25. The van der Waals surface area contributed by atoms with Crippen LogP contribution >= 0.6 is 22.9 Å². The number of fused-ring (bicyclic) bond motifs is 1. The fraction of sp³-hybridized carbons (Fsp3) is 0.538. The predicted octanol–water partition coefficient (Wildman–Crippen LogP) is 2.63. The van der Waals surface area contributed by atoms with Gasteiger partial charge in [0.25, 0.3) is 5.91 Å². The molecule has 1 amide bonds. The highest BCUT2D eigenvalue weighted by atomic mass is 35.5. The summed E-state index contributed by atoms with van der Waals surface area (Å²) in [6, 6.07) is 1.90. The summed E-state index contributed by atoms with van der Waals surface area (Å²) in [4.78, 5) is 26.4. The highest BCUT2D eigenvalue weighted by molar-refractivity contribution is 7.16. The van der Waals surface area contributed by atoms with Gasteiger partial charge in [0.1, 0.15) is 0 Å². The van der Waals surface area contributed by atoms with Crippen LogP contribution in [0.25, 0.3) is 0 Å². The number of halogens is 1. The monoisotopic (exact) mass is 301 g/mol. The Balaban J connectivity index is 2.12. The van der Waals surface area contributed by atoms with Crippen molar-refractivity contribution in [3.8, 4) is 0 Å². The van der Waals surface area contributed by atoms with Gasteiger partial charge < -0.3 is 9.64 Å². The molecule has 0 N–H and O–H groups in total. The maximum absolute atomic E-state index is 12.4. The van der Waals surface area contributed by atoms with Gasteiger partial charge in [-0.15, -0.1) is 11.3 Å². The van der Waals surface area contributed by atoms with Crippen LogP contribution in [-0.2, 0) is 27.3 Å². The Morgan fingerprint density at radius 3 is 2.79 bits per heavy atom. The molecule has 1 aromatic rings. The molecule has 0 bridgehead atoms. The largest absolute Gasteiger partial charge is 0.450 e. The van der Waals surface area contributed by atoms with Crippen molar-refractivity contribution < 1.29 is 14.3 Å². The number of nitrogens with zero attached hydrogens (tertiary/aromatic N) is 1. The fourth-order valence-corrected chi connectivity index (χ4v) is 3.55. The van der Waals surface area contributed by atoms with E-state index < -0.39 is 11.6 Å². The molecule has 4 nitrogen and oxygen atoms in total. The van der Waals surface area contributed by atoms with Crippen molar-refractivity contribution in [3.63, 3.8) is 0 Å². The Hall–Kier alpha value is -1.07. The first kappa shape index (κ1) is 14.3. The van der Waals surface area contributed by atoms with Gasteiger partial charge in [0.2, 0.25) is 0 Å². The first-order chi connectivity index (χ1) is 8.79. The zero-order valence-electron chi connectivity index (χ0n) is 11.2. The van der Waals surface area contributed by atoms with Crippen molar-refractivity contribution in [2.75, 3.05) is 6.54 Å². The highest BCUT2D eigenvalue weighted by Crippen LogP contribution is 2.32. The lowest BCUT2D eigenvalue weighted by atomic mass is 10.0. The van der Waals surface area contributed by atoms with E-state index in [1.54, 1.807) is 30.1 Å². The molecule has 0 unspecified atom stereocenters. The SMILES string of the molecule is CC(=O)OC(C)(C)C(=O)N1CCc2sc(Cl)cc2C1. The van der Waals surface area contributed by atoms with Gasteiger partial charge in [-0.05, 0) is 31.9 Å². The van der Waals surface area contributed by atoms with E-state index in [0.717, 1.165) is 16.3 Å². The average molecular weight is 302 g/mol. The second kappa shape index (κ2) is 5.13. The molecule has 0 fully saturated rings. The molecule has 1 aromatic heterocycles. The number of rotatable bonds is 2. The van der Waals surface area contributed by atoms with E-state index >= 15 is 0 Å². The van der Waals surface area contributed by atoms with E-state index in [2.05, 4.69) is 0 Å². The molecular formula is C13H16ClNO3S. The van der Waals surface area contributed by atoms with Crippen LogP contribution in [0.3, 0.4) is 0 Å². The highest BCUT2D eigenvalue weighted by Gasteiger charge is 2.36. The third-order valence-electron chi connectivity index (χ3n) is 3.04. The molecule has 2 rings (SSSR count). The number of esters is 1. The van der Waals surface area contributed by atoms with Crippen LogP contribution in [0.2, 0.25) is 4.34 Å². The van der Waals surface area contributed by atoms with Crippen LogP contribution in [0, 0.1) is 0 Å². The molecule has 0 aliphatic carbocycles. The van der Waals surface area contributed by atoms with Gasteiger partial charge >= 0.3 is 5.97 Å². The van der Waals surface area contributed by atoms with Crippen LogP contribution < -0.4 is 0 Å². The molecule has 2 heterocycles. The van der Waals surface area contributed by atoms with Gasteiger partial charge in [-0.2, -0.15) is 0 Å². The van der Waals surface area contributed by atoms with E-state index in [1.807, 2.05) is 6.07 Å². The lowest BCUT2D eigenvalue weighted by Gasteiger charge is -2.33. The van der Waals surface area contributed by atoms with Crippen molar-refractivity contribution in [2.24, 2.45) is 0 Å². The Morgan fingerprint density at radius 1 is 1.47 bits per heavy atom. The molecule has 0 atom stereocenters. The third-order valence-corrected chi connectivity index (χ3v) is 4.40. The molecule has 0 saturated heterocycles. The number of hydrogen-bond donors (Lipinski definition) is 0. The smallest absolute Gasteiger partial charge is 0.303 e. The molecule has 0 spiro atoms. The van der Waals surface area contributed by atoms with Crippen molar-refractivity contribution in [2.45, 2.75) is 39.3 Å². The first-order valence-electron chi connectivity index (χ1n) is 6.05. The second-order valence-corrected chi connectivity index (χ2v) is 6.85. The summed E-state index contributed by atoms with van der Waals surface area (Å²) in [6.45, 7) is 5.71. The van der Waals surface area contributed by atoms with Gasteiger partial charge in [-0.3, -0.25) is 9.59 Å². The van der Waals surface area contributed by atoms with Gasteiger partial charge in [-0.1, -0.05) is 11.6 Å². The van der Waals surface area contributed by atoms with Crippen LogP contribution in [0.1, 0.15) is 31.2 Å². The number of hydrogen-bond acceptors (Lipinski definition) is 4. The van der Waals surface area contributed by atoms with Crippen molar-refractivity contribution >= 4 is 34.8 Å². The lowest BCUT2D eigenvalue weighted by Crippen LogP contribution is -2.49. The van der Waals surface area contributed by atoms with Crippen molar-refractivity contribution in [1.29, 1.82) is 0 Å². The topological polar surface area (TPSA) is 46.6 Å². The zero-order chi connectivity index (χ0) is 14.2. The third kappa shape index (κ3) is 3.09. The second-order valence-electron chi connectivity index (χ2n) is 5.08. The van der Waals surface area contributed by atoms with Crippen molar-refractivity contribution in [3.05, 3.63) is 20.8 Å². The standard InChI is InChI=1S/C13H16ClNO3S/c1-8(16)18-13(2,3)12(17)15-5-4-10-9(7-15)6-11(14)19-10/h6H,4-5,7H2,1-3H3. The van der Waals surface area contributed by atoms with Crippen LogP contribution in [-0.4, -0.2) is 28.9 Å². The normalized spacial score (nSPS) is 15.1. The van der Waals surface area contributed by atoms with E-state index in [1.165, 1.54) is 11.8 Å². The summed E-state index contributed by atoms with van der Waals surface area (Å²) >= 11 is 7.55. The number of carbonyl (C=O) groups excluding carboxylic acids is 2. The molecular weight excluding hydrogens is 286 g/mol. The van der Waals surface area contributed by atoms with E-state index in [4.69, 9.17) is 16.3 Å². The quantitative estimate of drug-likeness (QED) is 0.789.